The maximum Gasteiger partial charge on any atom is 0.247 e. The van der Waals surface area contributed by atoms with Gasteiger partial charge in [0.05, 0.1) is 11.2 Å². The first kappa shape index (κ1) is 22.9. The Morgan fingerprint density at radius 3 is 2.43 bits per heavy atom. The van der Waals surface area contributed by atoms with E-state index in [1.54, 1.807) is 18.3 Å². The van der Waals surface area contributed by atoms with E-state index in [1.807, 2.05) is 18.2 Å². The highest BCUT2D eigenvalue weighted by atomic mass is 32.2. The van der Waals surface area contributed by atoms with Crippen LogP contribution in [0.4, 0.5) is 5.69 Å². The fourth-order valence-electron chi connectivity index (χ4n) is 8.04. The molecule has 1 heterocycles. The van der Waals surface area contributed by atoms with Crippen molar-refractivity contribution in [1.29, 1.82) is 0 Å². The smallest absolute Gasteiger partial charge is 0.247 e. The molecular formula is C26H31N4O4S-. The number of hydrogen-bond acceptors (Lipinski definition) is 5. The van der Waals surface area contributed by atoms with E-state index in [-0.39, 0.29) is 29.7 Å². The fourth-order valence-corrected chi connectivity index (χ4v) is 8.89. The summed E-state index contributed by atoms with van der Waals surface area (Å²) in [7, 11) is 0. The number of nitrogens with two attached hydrogens (primary N) is 1. The second-order valence-corrected chi connectivity index (χ2v) is 12.0. The molecule has 1 aromatic carbocycles. The maximum absolute atomic E-state index is 14.1. The van der Waals surface area contributed by atoms with Crippen molar-refractivity contribution in [3.05, 3.63) is 36.5 Å². The van der Waals surface area contributed by atoms with Crippen LogP contribution < -0.4 is 15.4 Å². The average molecular weight is 496 g/mol. The topological polar surface area (TPSA) is 128 Å². The van der Waals surface area contributed by atoms with Gasteiger partial charge in [0, 0.05) is 34.3 Å². The molecular weight excluding hydrogens is 464 g/mol. The number of aromatic nitrogens is 1. The molecule has 3 N–H and O–H groups in total. The van der Waals surface area contributed by atoms with E-state index in [4.69, 9.17) is 5.73 Å². The first-order valence-corrected chi connectivity index (χ1v) is 13.7. The number of pyridine rings is 1. The van der Waals surface area contributed by atoms with Crippen LogP contribution in [0.3, 0.4) is 0 Å². The Balaban J connectivity index is 1.34. The quantitative estimate of drug-likeness (QED) is 0.596. The second-order valence-electron chi connectivity index (χ2n) is 11.2. The molecule has 5 aliphatic rings. The number of hydrogen-bond donors (Lipinski definition) is 2. The first-order valence-electron chi connectivity index (χ1n) is 12.7. The number of para-hydroxylation sites is 1. The van der Waals surface area contributed by atoms with Gasteiger partial charge in [0.25, 0.3) is 0 Å². The van der Waals surface area contributed by atoms with Crippen LogP contribution in [0.5, 0.6) is 0 Å². The molecule has 4 bridgehead atoms. The van der Waals surface area contributed by atoms with Gasteiger partial charge in [-0.3, -0.25) is 23.1 Å². The number of carbonyl (C=O) groups excluding carboxylic acids is 2. The number of amides is 2. The van der Waals surface area contributed by atoms with Crippen LogP contribution in [0, 0.1) is 23.2 Å². The highest BCUT2D eigenvalue weighted by Crippen LogP contribution is 2.60. The highest BCUT2D eigenvalue weighted by Gasteiger charge is 2.59. The van der Waals surface area contributed by atoms with E-state index in [0.29, 0.717) is 30.0 Å². The summed E-state index contributed by atoms with van der Waals surface area (Å²) >= 11 is -2.66. The molecule has 0 saturated heterocycles. The predicted octanol–water partition coefficient (Wildman–Crippen LogP) is 2.94. The molecule has 0 radical (unpaired) electrons. The molecule has 5 aliphatic carbocycles. The summed E-state index contributed by atoms with van der Waals surface area (Å²) in [6, 6.07) is 9.09. The molecule has 0 spiro atoms. The Kier molecular flexibility index (Phi) is 5.41. The lowest BCUT2D eigenvalue weighted by atomic mass is 9.47. The van der Waals surface area contributed by atoms with Crippen LogP contribution in [-0.2, 0) is 20.9 Å². The normalized spacial score (nSPS) is 33.5. The number of carbonyl (C=O) groups is 2. The lowest BCUT2D eigenvalue weighted by Crippen LogP contribution is -2.66. The minimum absolute atomic E-state index is 0.0448. The van der Waals surface area contributed by atoms with Gasteiger partial charge in [-0.05, 0) is 74.8 Å². The standard InChI is InChI=1S/C26H32N4O4S/c27-23(31)25-13-16-11-18(14-25)21(19(12-16)15-25)29-24(32)26(8-1-2-9-26)30(35(33)34)20-7-3-5-17-6-4-10-28-22(17)20/h3-7,10,16,18-19,21H,1-2,8-9,11-15H2,(H2,27,31)(H,29,32)(H,33,34)/p-1. The Morgan fingerprint density at radius 2 is 1.77 bits per heavy atom. The van der Waals surface area contributed by atoms with Crippen LogP contribution >= 0.6 is 0 Å². The number of rotatable bonds is 6. The summed E-state index contributed by atoms with van der Waals surface area (Å²) in [6.07, 6.45) is 8.43. The fraction of sp³-hybridized carbons (Fsp3) is 0.577. The Bertz CT molecular complexity index is 1190. The summed E-state index contributed by atoms with van der Waals surface area (Å²) in [5.41, 5.74) is 5.22. The van der Waals surface area contributed by atoms with Crippen LogP contribution in [-0.4, -0.2) is 37.1 Å². The van der Waals surface area contributed by atoms with Crippen molar-refractivity contribution < 1.29 is 18.4 Å². The summed E-state index contributed by atoms with van der Waals surface area (Å²) in [4.78, 5) is 30.9. The Morgan fingerprint density at radius 1 is 1.09 bits per heavy atom. The minimum Gasteiger partial charge on any atom is -0.755 e. The van der Waals surface area contributed by atoms with Gasteiger partial charge in [-0.15, -0.1) is 0 Å². The van der Waals surface area contributed by atoms with Gasteiger partial charge in [-0.1, -0.05) is 31.0 Å². The lowest BCUT2D eigenvalue weighted by molar-refractivity contribution is -0.148. The van der Waals surface area contributed by atoms with Gasteiger partial charge in [-0.2, -0.15) is 0 Å². The van der Waals surface area contributed by atoms with Crippen molar-refractivity contribution in [2.45, 2.75) is 69.4 Å². The third-order valence-corrected chi connectivity index (χ3v) is 10.2. The van der Waals surface area contributed by atoms with Gasteiger partial charge in [-0.25, -0.2) is 0 Å². The van der Waals surface area contributed by atoms with Crippen molar-refractivity contribution in [3.63, 3.8) is 0 Å². The van der Waals surface area contributed by atoms with Crippen LogP contribution in [0.2, 0.25) is 0 Å². The van der Waals surface area contributed by atoms with Gasteiger partial charge in [0.15, 0.2) is 0 Å². The largest absolute Gasteiger partial charge is 0.755 e. The molecule has 35 heavy (non-hydrogen) atoms. The van der Waals surface area contributed by atoms with Gasteiger partial charge < -0.3 is 15.6 Å². The summed E-state index contributed by atoms with van der Waals surface area (Å²) in [6.45, 7) is 0. The lowest BCUT2D eigenvalue weighted by Gasteiger charge is -2.59. The molecule has 5 fully saturated rings. The minimum atomic E-state index is -2.66. The summed E-state index contributed by atoms with van der Waals surface area (Å²) in [5, 5.41) is 4.15. The molecule has 9 heteroatoms. The van der Waals surface area contributed by atoms with E-state index >= 15 is 0 Å². The Labute approximate surface area is 207 Å². The van der Waals surface area contributed by atoms with Gasteiger partial charge in [0.2, 0.25) is 11.8 Å². The number of primary amides is 1. The number of anilines is 1. The zero-order valence-corrected chi connectivity index (χ0v) is 20.5. The van der Waals surface area contributed by atoms with Crippen molar-refractivity contribution >= 4 is 39.7 Å². The monoisotopic (exact) mass is 495 g/mol. The SMILES string of the molecule is NC(=O)C12CC3CC(C1)C(NC(=O)C1(N(c4cccc5cccnc45)S(=O)[O-])CCCC1)C(C3)C2. The van der Waals surface area contributed by atoms with E-state index in [1.165, 1.54) is 4.31 Å². The second kappa shape index (κ2) is 8.27. The van der Waals surface area contributed by atoms with E-state index in [2.05, 4.69) is 10.3 Å². The zero-order chi connectivity index (χ0) is 24.4. The van der Waals surface area contributed by atoms with Gasteiger partial charge in [0.1, 0.15) is 5.54 Å². The van der Waals surface area contributed by atoms with E-state index < -0.39 is 22.2 Å². The van der Waals surface area contributed by atoms with Crippen LogP contribution in [0.25, 0.3) is 10.9 Å². The third kappa shape index (κ3) is 3.49. The average Bonchev–Trinajstić information content (AvgIpc) is 3.31. The van der Waals surface area contributed by atoms with Gasteiger partial charge >= 0.3 is 0 Å². The Hall–Kier alpha value is -2.52. The molecule has 8 nitrogen and oxygen atoms in total. The number of fused-ring (bicyclic) bond motifs is 1. The summed E-state index contributed by atoms with van der Waals surface area (Å²) in [5.74, 6) is 0.479. The number of nitrogens with zero attached hydrogens (tertiary/aromatic N) is 2. The van der Waals surface area contributed by atoms with E-state index in [9.17, 15) is 18.4 Å². The zero-order valence-electron chi connectivity index (χ0n) is 19.7. The molecule has 2 aromatic rings. The molecule has 5 saturated carbocycles. The van der Waals surface area contributed by atoms with Crippen molar-refractivity contribution in [2.75, 3.05) is 4.31 Å². The highest BCUT2D eigenvalue weighted by molar-refractivity contribution is 7.80. The van der Waals surface area contributed by atoms with Crippen molar-refractivity contribution in [2.24, 2.45) is 28.9 Å². The molecule has 3 atom stereocenters. The predicted molar refractivity (Wildman–Crippen MR) is 131 cm³/mol. The van der Waals surface area contributed by atoms with Crippen molar-refractivity contribution in [1.82, 2.24) is 10.3 Å². The molecule has 7 rings (SSSR count). The molecule has 186 valence electrons. The van der Waals surface area contributed by atoms with Crippen molar-refractivity contribution in [3.8, 4) is 0 Å². The molecule has 1 aromatic heterocycles. The maximum atomic E-state index is 14.1. The first-order chi connectivity index (χ1) is 16.8. The number of benzene rings is 1. The molecule has 3 unspecified atom stereocenters. The third-order valence-electron chi connectivity index (χ3n) is 9.32. The van der Waals surface area contributed by atoms with Crippen LogP contribution in [0.15, 0.2) is 36.5 Å². The number of nitrogens with one attached hydrogen (secondary N) is 1. The molecule has 0 aliphatic heterocycles. The summed E-state index contributed by atoms with van der Waals surface area (Å²) < 4.78 is 26.8. The van der Waals surface area contributed by atoms with Crippen LogP contribution in [0.1, 0.15) is 57.8 Å². The van der Waals surface area contributed by atoms with E-state index in [0.717, 1.165) is 50.3 Å². The molecule has 2 amide bonds.